The minimum Gasteiger partial charge on any atom is -0.496 e. The molecule has 0 aromatic heterocycles. The Balaban J connectivity index is 2.14. The molecule has 1 saturated heterocycles. The smallest absolute Gasteiger partial charge is 0.217 e. The van der Waals surface area contributed by atoms with Gasteiger partial charge in [-0.3, -0.25) is 0 Å². The molecule has 0 spiro atoms. The molecule has 0 bridgehead atoms. The fourth-order valence-corrected chi connectivity index (χ4v) is 3.68. The van der Waals surface area contributed by atoms with Crippen molar-refractivity contribution in [3.05, 3.63) is 29.8 Å². The molecular formula is C13H19NO4S. The van der Waals surface area contributed by atoms with Crippen LogP contribution in [0.25, 0.3) is 0 Å². The zero-order valence-electron chi connectivity index (χ0n) is 11.1. The van der Waals surface area contributed by atoms with Gasteiger partial charge in [0.1, 0.15) is 11.0 Å². The molecule has 1 N–H and O–H groups in total. The Morgan fingerprint density at radius 3 is 2.79 bits per heavy atom. The Labute approximate surface area is 114 Å². The van der Waals surface area contributed by atoms with Crippen LogP contribution in [0, 0.1) is 0 Å². The zero-order valence-corrected chi connectivity index (χ0v) is 11.9. The molecule has 1 aromatic rings. The van der Waals surface area contributed by atoms with Gasteiger partial charge in [-0.25, -0.2) is 13.1 Å². The molecule has 2 atom stereocenters. The summed E-state index contributed by atoms with van der Waals surface area (Å²) < 4.78 is 37.4. The van der Waals surface area contributed by atoms with Gasteiger partial charge in [0, 0.05) is 18.2 Å². The summed E-state index contributed by atoms with van der Waals surface area (Å²) in [7, 11) is -1.79. The van der Waals surface area contributed by atoms with Crippen LogP contribution >= 0.6 is 0 Å². The number of methoxy groups -OCH3 is 1. The van der Waals surface area contributed by atoms with Crippen molar-refractivity contribution in [2.45, 2.75) is 24.6 Å². The standard InChI is InChI=1S/C13H19NO4S/c1-10(12-5-3-4-6-13(12)17-2)14-19(15,16)11-7-8-18-9-11/h3-6,10-11,14H,7-9H2,1-2H3. The van der Waals surface area contributed by atoms with Crippen molar-refractivity contribution in [2.24, 2.45) is 0 Å². The Morgan fingerprint density at radius 1 is 1.42 bits per heavy atom. The molecule has 1 fully saturated rings. The largest absolute Gasteiger partial charge is 0.496 e. The first-order chi connectivity index (χ1) is 9.04. The highest BCUT2D eigenvalue weighted by molar-refractivity contribution is 7.90. The van der Waals surface area contributed by atoms with Gasteiger partial charge in [-0.05, 0) is 19.4 Å². The van der Waals surface area contributed by atoms with Crippen molar-refractivity contribution in [3.8, 4) is 5.75 Å². The van der Waals surface area contributed by atoms with E-state index < -0.39 is 15.3 Å². The SMILES string of the molecule is COc1ccccc1C(C)NS(=O)(=O)C1CCOC1. The van der Waals surface area contributed by atoms with Gasteiger partial charge in [-0.15, -0.1) is 0 Å². The summed E-state index contributed by atoms with van der Waals surface area (Å²) in [5.41, 5.74) is 0.826. The summed E-state index contributed by atoms with van der Waals surface area (Å²) in [4.78, 5) is 0. The van der Waals surface area contributed by atoms with E-state index in [1.165, 1.54) is 0 Å². The molecule has 0 radical (unpaired) electrons. The van der Waals surface area contributed by atoms with Crippen LogP contribution in [0.1, 0.15) is 24.9 Å². The van der Waals surface area contributed by atoms with Gasteiger partial charge in [0.15, 0.2) is 0 Å². The Hall–Kier alpha value is -1.11. The van der Waals surface area contributed by atoms with E-state index in [4.69, 9.17) is 9.47 Å². The van der Waals surface area contributed by atoms with Crippen LogP contribution < -0.4 is 9.46 Å². The van der Waals surface area contributed by atoms with E-state index in [0.717, 1.165) is 5.56 Å². The number of benzene rings is 1. The topological polar surface area (TPSA) is 64.6 Å². The molecule has 1 aromatic carbocycles. The third-order valence-electron chi connectivity index (χ3n) is 3.27. The molecule has 2 unspecified atom stereocenters. The monoisotopic (exact) mass is 285 g/mol. The maximum atomic E-state index is 12.2. The third-order valence-corrected chi connectivity index (χ3v) is 5.20. The van der Waals surface area contributed by atoms with E-state index in [2.05, 4.69) is 4.72 Å². The van der Waals surface area contributed by atoms with Crippen molar-refractivity contribution in [2.75, 3.05) is 20.3 Å². The first-order valence-electron chi connectivity index (χ1n) is 6.26. The van der Waals surface area contributed by atoms with E-state index in [9.17, 15) is 8.42 Å². The first kappa shape index (κ1) is 14.3. The summed E-state index contributed by atoms with van der Waals surface area (Å²) in [6.45, 7) is 2.59. The normalized spacial score (nSPS) is 21.3. The van der Waals surface area contributed by atoms with Crippen LogP contribution in [-0.2, 0) is 14.8 Å². The van der Waals surface area contributed by atoms with Crippen molar-refractivity contribution in [1.29, 1.82) is 0 Å². The quantitative estimate of drug-likeness (QED) is 0.889. The van der Waals surface area contributed by atoms with Crippen LogP contribution in [0.4, 0.5) is 0 Å². The zero-order chi connectivity index (χ0) is 13.9. The van der Waals surface area contributed by atoms with Gasteiger partial charge in [0.25, 0.3) is 0 Å². The van der Waals surface area contributed by atoms with Crippen LogP contribution in [0.15, 0.2) is 24.3 Å². The summed E-state index contributed by atoms with van der Waals surface area (Å²) in [5, 5.41) is -0.454. The fraction of sp³-hybridized carbons (Fsp3) is 0.538. The lowest BCUT2D eigenvalue weighted by atomic mass is 10.1. The van der Waals surface area contributed by atoms with Gasteiger partial charge in [-0.1, -0.05) is 18.2 Å². The molecule has 19 heavy (non-hydrogen) atoms. The maximum Gasteiger partial charge on any atom is 0.217 e. The van der Waals surface area contributed by atoms with Gasteiger partial charge in [0.2, 0.25) is 10.0 Å². The predicted molar refractivity (Wildman–Crippen MR) is 72.7 cm³/mol. The van der Waals surface area contributed by atoms with Crippen molar-refractivity contribution < 1.29 is 17.9 Å². The Kier molecular flexibility index (Phi) is 4.44. The molecule has 6 heteroatoms. The molecular weight excluding hydrogens is 266 g/mol. The molecule has 0 aliphatic carbocycles. The van der Waals surface area contributed by atoms with E-state index in [1.54, 1.807) is 7.11 Å². The summed E-state index contributed by atoms with van der Waals surface area (Å²) in [5.74, 6) is 0.681. The molecule has 5 nitrogen and oxygen atoms in total. The number of nitrogens with one attached hydrogen (secondary N) is 1. The number of sulfonamides is 1. The van der Waals surface area contributed by atoms with E-state index >= 15 is 0 Å². The fourth-order valence-electron chi connectivity index (χ4n) is 2.19. The number of hydrogen-bond donors (Lipinski definition) is 1. The summed E-state index contributed by atoms with van der Waals surface area (Å²) >= 11 is 0. The highest BCUT2D eigenvalue weighted by Gasteiger charge is 2.31. The summed E-state index contributed by atoms with van der Waals surface area (Å²) in [6.07, 6.45) is 0.550. The van der Waals surface area contributed by atoms with E-state index in [0.29, 0.717) is 18.8 Å². The molecule has 2 rings (SSSR count). The first-order valence-corrected chi connectivity index (χ1v) is 7.81. The van der Waals surface area contributed by atoms with Crippen molar-refractivity contribution >= 4 is 10.0 Å². The van der Waals surface area contributed by atoms with Crippen LogP contribution in [0.2, 0.25) is 0 Å². The maximum absolute atomic E-state index is 12.2. The molecule has 1 aliphatic heterocycles. The van der Waals surface area contributed by atoms with Gasteiger partial charge in [-0.2, -0.15) is 0 Å². The number of hydrogen-bond acceptors (Lipinski definition) is 4. The summed E-state index contributed by atoms with van der Waals surface area (Å²) in [6, 6.07) is 7.06. The molecule has 0 saturated carbocycles. The molecule has 106 valence electrons. The third kappa shape index (κ3) is 3.26. The molecule has 0 amide bonds. The van der Waals surface area contributed by atoms with Gasteiger partial charge in [0.05, 0.1) is 13.7 Å². The number of ether oxygens (including phenoxy) is 2. The average Bonchev–Trinajstić information content (AvgIpc) is 2.93. The van der Waals surface area contributed by atoms with Crippen LogP contribution in [0.5, 0.6) is 5.75 Å². The second-order valence-corrected chi connectivity index (χ2v) is 6.60. The minimum atomic E-state index is -3.36. The Morgan fingerprint density at radius 2 is 2.16 bits per heavy atom. The van der Waals surface area contributed by atoms with Crippen molar-refractivity contribution in [1.82, 2.24) is 4.72 Å². The van der Waals surface area contributed by atoms with E-state index in [-0.39, 0.29) is 12.6 Å². The highest BCUT2D eigenvalue weighted by Crippen LogP contribution is 2.26. The van der Waals surface area contributed by atoms with Gasteiger partial charge >= 0.3 is 0 Å². The van der Waals surface area contributed by atoms with Crippen LogP contribution in [-0.4, -0.2) is 34.0 Å². The molecule has 1 aliphatic rings. The van der Waals surface area contributed by atoms with Crippen LogP contribution in [0.3, 0.4) is 0 Å². The lowest BCUT2D eigenvalue weighted by Gasteiger charge is -2.19. The second-order valence-electron chi connectivity index (χ2n) is 4.61. The second kappa shape index (κ2) is 5.90. The Bertz CT molecular complexity index is 523. The predicted octanol–water partition coefficient (Wildman–Crippen LogP) is 1.46. The van der Waals surface area contributed by atoms with Gasteiger partial charge < -0.3 is 9.47 Å². The lowest BCUT2D eigenvalue weighted by molar-refractivity contribution is 0.198. The minimum absolute atomic E-state index is 0.272. The molecule has 1 heterocycles. The average molecular weight is 285 g/mol. The van der Waals surface area contributed by atoms with Crippen molar-refractivity contribution in [3.63, 3.8) is 0 Å². The highest BCUT2D eigenvalue weighted by atomic mass is 32.2. The lowest BCUT2D eigenvalue weighted by Crippen LogP contribution is -2.36. The van der Waals surface area contributed by atoms with E-state index in [1.807, 2.05) is 31.2 Å². The number of para-hydroxylation sites is 1. The number of rotatable bonds is 5.